The number of hydrogen-bond acceptors (Lipinski definition) is 9. The Morgan fingerprint density at radius 3 is 0.729 bits per heavy atom. The fourth-order valence-corrected chi connectivity index (χ4v) is 2.60. The van der Waals surface area contributed by atoms with E-state index < -0.39 is 35.2 Å². The van der Waals surface area contributed by atoms with E-state index >= 15 is 0 Å². The molecule has 15 nitrogen and oxygen atoms in total. The molecule has 3 aromatic rings. The third-order valence-electron chi connectivity index (χ3n) is 5.19. The van der Waals surface area contributed by atoms with Crippen molar-refractivity contribution in [2.24, 2.45) is 0 Å². The van der Waals surface area contributed by atoms with Gasteiger partial charge in [0.1, 0.15) is 19.6 Å². The van der Waals surface area contributed by atoms with Crippen molar-refractivity contribution in [1.29, 1.82) is 0 Å². The van der Waals surface area contributed by atoms with E-state index in [0.29, 0.717) is 19.8 Å². The van der Waals surface area contributed by atoms with Crippen molar-refractivity contribution in [1.82, 2.24) is 0 Å². The molecule has 0 unspecified atom stereocenters. The van der Waals surface area contributed by atoms with E-state index in [1.165, 1.54) is 87.5 Å². The average Bonchev–Trinajstić information content (AvgIpc) is 2.99. The van der Waals surface area contributed by atoms with Crippen LogP contribution < -0.4 is 30.0 Å². The van der Waals surface area contributed by atoms with E-state index in [1.54, 1.807) is 0 Å². The average molecular weight is 682 g/mol. The Labute approximate surface area is 281 Å². The van der Waals surface area contributed by atoms with Gasteiger partial charge in [0.15, 0.2) is 0 Å². The number of quaternary nitrogens is 3. The van der Waals surface area contributed by atoms with Crippen LogP contribution in [0.2, 0.25) is 0 Å². The summed E-state index contributed by atoms with van der Waals surface area (Å²) >= 11 is 0. The van der Waals surface area contributed by atoms with Gasteiger partial charge in [-0.2, -0.15) is 0 Å². The molecule has 0 aliphatic carbocycles. The maximum atomic E-state index is 10.7. The monoisotopic (exact) mass is 681 g/mol. The van der Waals surface area contributed by atoms with Crippen LogP contribution in [-0.2, 0) is 0 Å². The Balaban J connectivity index is -0.000000516. The quantitative estimate of drug-likeness (QED) is 0.104. The Morgan fingerprint density at radius 1 is 0.458 bits per heavy atom. The second-order valence-electron chi connectivity index (χ2n) is 10.4. The van der Waals surface area contributed by atoms with Gasteiger partial charge in [-0.3, -0.25) is 0 Å². The zero-order valence-electron chi connectivity index (χ0n) is 28.3. The van der Waals surface area contributed by atoms with E-state index in [0.717, 1.165) is 19.6 Å². The summed E-state index contributed by atoms with van der Waals surface area (Å²) in [6, 6.07) is 16.6. The number of benzene rings is 3. The molecule has 0 heterocycles. The lowest BCUT2D eigenvalue weighted by Gasteiger charge is -2.07. The van der Waals surface area contributed by atoms with Crippen molar-refractivity contribution in [2.75, 3.05) is 81.7 Å². The number of carbonyl (C=O) groups is 3. The predicted molar refractivity (Wildman–Crippen MR) is 173 cm³/mol. The summed E-state index contributed by atoms with van der Waals surface area (Å²) in [6.07, 6.45) is 0. The smallest absolute Gasteiger partial charge is 0.335 e. The number of carboxylic acids is 3. The number of aromatic carboxylic acids is 3. The Kier molecular flexibility index (Phi) is 29.4. The molecule has 9 N–H and O–H groups in total. The Hall–Kier alpha value is -4.77. The summed E-state index contributed by atoms with van der Waals surface area (Å²) in [5.41, 5.74) is -0.535. The molecule has 3 rings (SSSR count). The van der Waals surface area contributed by atoms with Gasteiger partial charge in [-0.1, -0.05) is 71.8 Å². The minimum absolute atomic E-state index is 0.178. The molecule has 270 valence electrons. The molecule has 0 spiro atoms. The van der Waals surface area contributed by atoms with Gasteiger partial charge in [0.2, 0.25) is 0 Å². The topological polar surface area (TPSA) is 255 Å². The fourth-order valence-electron chi connectivity index (χ4n) is 2.60. The summed E-state index contributed by atoms with van der Waals surface area (Å²) in [5.74, 6) is -4.87. The van der Waals surface area contributed by atoms with Crippen LogP contribution in [-0.4, -0.2) is 130 Å². The first-order valence-electron chi connectivity index (χ1n) is 14.6. The van der Waals surface area contributed by atoms with Crippen LogP contribution in [0.5, 0.6) is 17.2 Å². The second-order valence-corrected chi connectivity index (χ2v) is 10.4. The van der Waals surface area contributed by atoms with E-state index in [2.05, 4.69) is 0 Å². The van der Waals surface area contributed by atoms with Crippen LogP contribution in [0.4, 0.5) is 0 Å². The summed E-state index contributed by atoms with van der Waals surface area (Å²) in [4.78, 5) is 34.5. The number of nitrogens with one attached hydrogen (secondary N) is 3. The minimum Gasteiger partial charge on any atom is -0.872 e. The summed E-state index contributed by atoms with van der Waals surface area (Å²) in [5, 5.41) is 81.8. The zero-order chi connectivity index (χ0) is 37.7. The summed E-state index contributed by atoms with van der Waals surface area (Å²) in [7, 11) is 12.1. The van der Waals surface area contributed by atoms with Crippen molar-refractivity contribution in [3.63, 3.8) is 0 Å². The van der Waals surface area contributed by atoms with Crippen LogP contribution in [0.1, 0.15) is 31.1 Å². The molecule has 3 aromatic carbocycles. The molecule has 0 bridgehead atoms. The number of aliphatic hydroxyl groups excluding tert-OH is 3. The van der Waals surface area contributed by atoms with Gasteiger partial charge < -0.3 is 60.7 Å². The van der Waals surface area contributed by atoms with Crippen LogP contribution in [0.3, 0.4) is 0 Å². The van der Waals surface area contributed by atoms with Gasteiger partial charge in [-0.15, -0.1) is 0 Å². The third kappa shape index (κ3) is 27.5. The molecule has 0 fully saturated rings. The highest BCUT2D eigenvalue weighted by atomic mass is 16.4. The standard InChI is InChI=1S/3C7H6O3.3C4H11NO/c3*8-6-4-2-1-3-5(6)7(9)10;3*1-5(2)3-4-6/h3*1-4,8H,(H,9,10);3*6H,3-4H2,1-2H3. The van der Waals surface area contributed by atoms with E-state index in [-0.39, 0.29) is 16.7 Å². The van der Waals surface area contributed by atoms with Gasteiger partial charge in [0.05, 0.1) is 78.8 Å². The minimum atomic E-state index is -1.18. The van der Waals surface area contributed by atoms with Crippen molar-refractivity contribution >= 4 is 17.9 Å². The lowest BCUT2D eigenvalue weighted by molar-refractivity contribution is -0.858. The van der Waals surface area contributed by atoms with Gasteiger partial charge >= 0.3 is 17.9 Å². The van der Waals surface area contributed by atoms with E-state index in [4.69, 9.17) is 30.6 Å². The number of rotatable bonds is 9. The molecule has 0 radical (unpaired) electrons. The third-order valence-corrected chi connectivity index (χ3v) is 5.19. The van der Waals surface area contributed by atoms with Crippen LogP contribution in [0.15, 0.2) is 72.8 Å². The molecule has 0 saturated heterocycles. The maximum absolute atomic E-state index is 10.7. The molecule has 0 atom stereocenters. The zero-order valence-corrected chi connectivity index (χ0v) is 28.3. The van der Waals surface area contributed by atoms with Crippen LogP contribution in [0, 0.1) is 0 Å². The maximum Gasteiger partial charge on any atom is 0.335 e. The first kappa shape index (κ1) is 47.6. The summed E-state index contributed by atoms with van der Waals surface area (Å²) in [6.45, 7) is 3.42. The van der Waals surface area contributed by atoms with Crippen molar-refractivity contribution < 1.29 is 75.0 Å². The molecule has 0 saturated carbocycles. The Bertz CT molecular complexity index is 1130. The van der Waals surface area contributed by atoms with Crippen molar-refractivity contribution in [2.45, 2.75) is 0 Å². The summed E-state index contributed by atoms with van der Waals surface area (Å²) < 4.78 is 0. The molecule has 0 amide bonds. The van der Waals surface area contributed by atoms with Gasteiger partial charge in [-0.25, -0.2) is 14.4 Å². The highest BCUT2D eigenvalue weighted by Crippen LogP contribution is 2.12. The van der Waals surface area contributed by atoms with E-state index in [1.807, 2.05) is 42.3 Å². The number of para-hydroxylation sites is 3. The number of hydrogen-bond donors (Lipinski definition) is 9. The van der Waals surface area contributed by atoms with Crippen LogP contribution in [0.25, 0.3) is 0 Å². The van der Waals surface area contributed by atoms with E-state index in [9.17, 15) is 29.7 Å². The first-order chi connectivity index (χ1) is 22.5. The second kappa shape index (κ2) is 29.6. The van der Waals surface area contributed by atoms with Gasteiger partial charge in [0.25, 0.3) is 0 Å². The lowest BCUT2D eigenvalue weighted by Crippen LogP contribution is -3.06. The Morgan fingerprint density at radius 2 is 0.646 bits per heavy atom. The van der Waals surface area contributed by atoms with Gasteiger partial charge in [0, 0.05) is 0 Å². The molecule has 0 aliphatic heterocycles. The van der Waals surface area contributed by atoms with Gasteiger partial charge in [-0.05, 0) is 18.2 Å². The molecule has 15 heteroatoms. The molecule has 48 heavy (non-hydrogen) atoms. The molecular formula is C33H51N3O12. The normalized spacial score (nSPS) is 9.50. The molecule has 0 aromatic heterocycles. The SMILES string of the molecule is C[NH+](C)CCO.C[NH+](C)CCO.C[NH+](C)CCO.O=C(O)c1ccccc1[O-].O=C(O)c1ccccc1[O-].O=C(O)c1ccccc1[O-]. The molecular weight excluding hydrogens is 630 g/mol. The highest BCUT2D eigenvalue weighted by Gasteiger charge is 2.01. The molecule has 0 aliphatic rings. The first-order valence-corrected chi connectivity index (χ1v) is 14.6. The largest absolute Gasteiger partial charge is 0.872 e. The number of aliphatic hydroxyl groups is 3. The van der Waals surface area contributed by atoms with Crippen LogP contribution >= 0.6 is 0 Å². The fraction of sp³-hybridized carbons (Fsp3) is 0.364. The number of carboxylic acid groups (broad SMARTS) is 3. The number of likely N-dealkylation sites (N-methyl/N-ethyl adjacent to an activating group) is 3. The lowest BCUT2D eigenvalue weighted by atomic mass is 10.2. The van der Waals surface area contributed by atoms with Crippen molar-refractivity contribution in [3.8, 4) is 17.2 Å². The highest BCUT2D eigenvalue weighted by molar-refractivity contribution is 5.91. The van der Waals surface area contributed by atoms with Crippen molar-refractivity contribution in [3.05, 3.63) is 89.5 Å². The predicted octanol–water partition coefficient (Wildman–Crippen LogP) is -4.26.